The van der Waals surface area contributed by atoms with Gasteiger partial charge in [0.1, 0.15) is 12.4 Å². The van der Waals surface area contributed by atoms with E-state index >= 15 is 0 Å². The first-order valence-corrected chi connectivity index (χ1v) is 6.13. The van der Waals surface area contributed by atoms with Gasteiger partial charge in [-0.05, 0) is 22.9 Å². The molecule has 2 aromatic carbocycles. The van der Waals surface area contributed by atoms with Gasteiger partial charge in [-0.1, -0.05) is 30.3 Å². The zero-order valence-electron chi connectivity index (χ0n) is 10.8. The molecular formula is C15H17NO3. The van der Waals surface area contributed by atoms with Crippen molar-refractivity contribution in [2.75, 3.05) is 13.7 Å². The fraction of sp³-hybridized carbons (Fsp3) is 0.267. The monoisotopic (exact) mass is 259 g/mol. The molecule has 0 aromatic heterocycles. The molecule has 2 rings (SSSR count). The first kappa shape index (κ1) is 13.4. The van der Waals surface area contributed by atoms with E-state index in [9.17, 15) is 4.79 Å². The molecule has 2 N–H and O–H groups in total. The van der Waals surface area contributed by atoms with Crippen molar-refractivity contribution in [1.29, 1.82) is 0 Å². The summed E-state index contributed by atoms with van der Waals surface area (Å²) in [7, 11) is 1.35. The fourth-order valence-corrected chi connectivity index (χ4v) is 1.82. The SMILES string of the molecule is COC(=O)CC(N)COc1ccc2ccccc2c1. The molecule has 0 amide bonds. The van der Waals surface area contributed by atoms with E-state index in [1.165, 1.54) is 7.11 Å². The number of benzene rings is 2. The van der Waals surface area contributed by atoms with E-state index in [1.54, 1.807) is 0 Å². The molecule has 0 aliphatic heterocycles. The maximum atomic E-state index is 11.1. The van der Waals surface area contributed by atoms with E-state index in [2.05, 4.69) is 4.74 Å². The number of nitrogens with two attached hydrogens (primary N) is 1. The molecule has 0 saturated carbocycles. The molecule has 0 fully saturated rings. The van der Waals surface area contributed by atoms with E-state index in [1.807, 2.05) is 42.5 Å². The van der Waals surface area contributed by atoms with Crippen LogP contribution >= 0.6 is 0 Å². The molecule has 0 heterocycles. The van der Waals surface area contributed by atoms with Crippen LogP contribution in [0.25, 0.3) is 10.8 Å². The molecule has 1 unspecified atom stereocenters. The Balaban J connectivity index is 1.96. The van der Waals surface area contributed by atoms with Crippen LogP contribution in [0.1, 0.15) is 6.42 Å². The van der Waals surface area contributed by atoms with Gasteiger partial charge in [0.05, 0.1) is 13.5 Å². The highest BCUT2D eigenvalue weighted by Gasteiger charge is 2.10. The Morgan fingerprint density at radius 3 is 2.68 bits per heavy atom. The van der Waals surface area contributed by atoms with Gasteiger partial charge in [0, 0.05) is 6.04 Å². The highest BCUT2D eigenvalue weighted by Crippen LogP contribution is 2.20. The molecule has 0 bridgehead atoms. The minimum Gasteiger partial charge on any atom is -0.492 e. The van der Waals surface area contributed by atoms with E-state index in [0.717, 1.165) is 16.5 Å². The Labute approximate surface area is 112 Å². The predicted molar refractivity (Wildman–Crippen MR) is 74.1 cm³/mol. The first-order valence-electron chi connectivity index (χ1n) is 6.13. The molecule has 4 nitrogen and oxygen atoms in total. The van der Waals surface area contributed by atoms with E-state index < -0.39 is 0 Å². The van der Waals surface area contributed by atoms with Crippen LogP contribution in [0.4, 0.5) is 0 Å². The second kappa shape index (κ2) is 6.20. The third-order valence-corrected chi connectivity index (χ3v) is 2.84. The largest absolute Gasteiger partial charge is 0.492 e. The number of rotatable bonds is 5. The minimum atomic E-state index is -0.362. The molecule has 0 spiro atoms. The molecule has 0 aliphatic rings. The van der Waals surface area contributed by atoms with Crippen LogP contribution in [0.2, 0.25) is 0 Å². The van der Waals surface area contributed by atoms with Crippen molar-refractivity contribution in [2.24, 2.45) is 5.73 Å². The van der Waals surface area contributed by atoms with Gasteiger partial charge in [0.15, 0.2) is 0 Å². The summed E-state index contributed by atoms with van der Waals surface area (Å²) in [6.45, 7) is 0.285. The number of esters is 1. The molecule has 4 heteroatoms. The van der Waals surface area contributed by atoms with Gasteiger partial charge in [0.2, 0.25) is 0 Å². The fourth-order valence-electron chi connectivity index (χ4n) is 1.82. The van der Waals surface area contributed by atoms with Crippen LogP contribution in [0.3, 0.4) is 0 Å². The molecule has 19 heavy (non-hydrogen) atoms. The topological polar surface area (TPSA) is 61.5 Å². The van der Waals surface area contributed by atoms with Crippen molar-refractivity contribution < 1.29 is 14.3 Å². The molecule has 2 aromatic rings. The van der Waals surface area contributed by atoms with Crippen LogP contribution in [-0.2, 0) is 9.53 Å². The Bertz CT molecular complexity index is 568. The van der Waals surface area contributed by atoms with Gasteiger partial charge < -0.3 is 15.2 Å². The summed E-state index contributed by atoms with van der Waals surface area (Å²) in [6, 6.07) is 13.5. The summed E-state index contributed by atoms with van der Waals surface area (Å²) < 4.78 is 10.1. The van der Waals surface area contributed by atoms with E-state index in [4.69, 9.17) is 10.5 Å². The zero-order valence-corrected chi connectivity index (χ0v) is 10.8. The number of hydrogen-bond acceptors (Lipinski definition) is 4. The smallest absolute Gasteiger partial charge is 0.307 e. The van der Waals surface area contributed by atoms with Gasteiger partial charge in [-0.15, -0.1) is 0 Å². The highest BCUT2D eigenvalue weighted by atomic mass is 16.5. The van der Waals surface area contributed by atoms with E-state index in [0.29, 0.717) is 0 Å². The average molecular weight is 259 g/mol. The summed E-state index contributed by atoms with van der Waals surface area (Å²) in [4.78, 5) is 11.1. The molecule has 0 aliphatic carbocycles. The lowest BCUT2D eigenvalue weighted by Crippen LogP contribution is -2.30. The predicted octanol–water partition coefficient (Wildman–Crippen LogP) is 2.11. The Hall–Kier alpha value is -2.07. The van der Waals surface area contributed by atoms with E-state index in [-0.39, 0.29) is 25.0 Å². The quantitative estimate of drug-likeness (QED) is 0.835. The van der Waals surface area contributed by atoms with Crippen molar-refractivity contribution >= 4 is 16.7 Å². The van der Waals surface area contributed by atoms with Gasteiger partial charge in [-0.2, -0.15) is 0 Å². The molecule has 0 saturated heterocycles. The maximum absolute atomic E-state index is 11.1. The van der Waals surface area contributed by atoms with Crippen molar-refractivity contribution in [3.05, 3.63) is 42.5 Å². The molecule has 0 radical (unpaired) electrons. The second-order valence-corrected chi connectivity index (χ2v) is 4.36. The third-order valence-electron chi connectivity index (χ3n) is 2.84. The Kier molecular flexibility index (Phi) is 4.36. The first-order chi connectivity index (χ1) is 9.19. The molecule has 1 atom stereocenters. The third kappa shape index (κ3) is 3.69. The number of methoxy groups -OCH3 is 1. The summed E-state index contributed by atoms with van der Waals surface area (Å²) in [6.07, 6.45) is 0.157. The molecule has 100 valence electrons. The summed E-state index contributed by atoms with van der Waals surface area (Å²) >= 11 is 0. The van der Waals surface area contributed by atoms with Crippen LogP contribution in [0.15, 0.2) is 42.5 Å². The number of ether oxygens (including phenoxy) is 2. The lowest BCUT2D eigenvalue weighted by atomic mass is 10.1. The summed E-state index contributed by atoms with van der Waals surface area (Å²) in [5.74, 6) is 0.425. The number of fused-ring (bicyclic) bond motifs is 1. The van der Waals surface area contributed by atoms with Gasteiger partial charge >= 0.3 is 5.97 Å². The minimum absolute atomic E-state index is 0.157. The zero-order chi connectivity index (χ0) is 13.7. The van der Waals surface area contributed by atoms with Crippen molar-refractivity contribution in [2.45, 2.75) is 12.5 Å². The average Bonchev–Trinajstić information content (AvgIpc) is 2.44. The second-order valence-electron chi connectivity index (χ2n) is 4.36. The molecular weight excluding hydrogens is 242 g/mol. The number of hydrogen-bond donors (Lipinski definition) is 1. The lowest BCUT2D eigenvalue weighted by Gasteiger charge is -2.12. The Morgan fingerprint density at radius 1 is 1.21 bits per heavy atom. The summed E-state index contributed by atoms with van der Waals surface area (Å²) in [5, 5.41) is 2.27. The number of carbonyl (C=O) groups excluding carboxylic acids is 1. The van der Waals surface area contributed by atoms with Crippen molar-refractivity contribution in [1.82, 2.24) is 0 Å². The Morgan fingerprint density at radius 2 is 1.95 bits per heavy atom. The maximum Gasteiger partial charge on any atom is 0.307 e. The lowest BCUT2D eigenvalue weighted by molar-refractivity contribution is -0.141. The van der Waals surface area contributed by atoms with Gasteiger partial charge in [0.25, 0.3) is 0 Å². The van der Waals surface area contributed by atoms with Crippen LogP contribution in [0, 0.1) is 0 Å². The van der Waals surface area contributed by atoms with Gasteiger partial charge in [-0.25, -0.2) is 0 Å². The van der Waals surface area contributed by atoms with Crippen LogP contribution < -0.4 is 10.5 Å². The van der Waals surface area contributed by atoms with Crippen LogP contribution in [-0.4, -0.2) is 25.7 Å². The van der Waals surface area contributed by atoms with Crippen molar-refractivity contribution in [3.8, 4) is 5.75 Å². The highest BCUT2D eigenvalue weighted by molar-refractivity contribution is 5.83. The normalized spacial score (nSPS) is 12.1. The number of carbonyl (C=O) groups is 1. The standard InChI is InChI=1S/C15H17NO3/c1-18-15(17)9-13(16)10-19-14-7-6-11-4-2-3-5-12(11)8-14/h2-8,13H,9-10,16H2,1H3. The van der Waals surface area contributed by atoms with Gasteiger partial charge in [-0.3, -0.25) is 4.79 Å². The summed E-state index contributed by atoms with van der Waals surface area (Å²) in [5.41, 5.74) is 5.78. The van der Waals surface area contributed by atoms with Crippen LogP contribution in [0.5, 0.6) is 5.75 Å². The van der Waals surface area contributed by atoms with Crippen molar-refractivity contribution in [3.63, 3.8) is 0 Å².